The van der Waals surface area contributed by atoms with E-state index in [-0.39, 0.29) is 5.91 Å². The van der Waals surface area contributed by atoms with Gasteiger partial charge in [0.15, 0.2) is 0 Å². The molecule has 4 nitrogen and oxygen atoms in total. The molecular weight excluding hydrogens is 318 g/mol. The number of pyridine rings is 1. The van der Waals surface area contributed by atoms with Crippen LogP contribution in [0.4, 0.5) is 11.5 Å². The minimum absolute atomic E-state index is 0.225. The Morgan fingerprint density at radius 3 is 2.75 bits per heavy atom. The summed E-state index contributed by atoms with van der Waals surface area (Å²) < 4.78 is 0.841. The van der Waals surface area contributed by atoms with Gasteiger partial charge in [0.2, 0.25) is 0 Å². The average Bonchev–Trinajstić information content (AvgIpc) is 2.48. The van der Waals surface area contributed by atoms with Crippen molar-refractivity contribution in [3.63, 3.8) is 0 Å². The van der Waals surface area contributed by atoms with Crippen molar-refractivity contribution in [2.75, 3.05) is 17.2 Å². The molecule has 0 fully saturated rings. The highest BCUT2D eigenvalue weighted by Crippen LogP contribution is 2.21. The molecular formula is C15H16BrN3O. The van der Waals surface area contributed by atoms with E-state index in [0.717, 1.165) is 23.1 Å². The number of carbonyl (C=O) groups excluding carboxylic acids is 1. The van der Waals surface area contributed by atoms with E-state index in [2.05, 4.69) is 38.5 Å². The normalized spacial score (nSPS) is 10.1. The Morgan fingerprint density at radius 1 is 1.20 bits per heavy atom. The number of hydrogen-bond donors (Lipinski definition) is 2. The van der Waals surface area contributed by atoms with Gasteiger partial charge in [0, 0.05) is 11.0 Å². The minimum atomic E-state index is -0.225. The van der Waals surface area contributed by atoms with Crippen molar-refractivity contribution in [2.24, 2.45) is 0 Å². The maximum absolute atomic E-state index is 12.2. The number of para-hydroxylation sites is 1. The van der Waals surface area contributed by atoms with Gasteiger partial charge < -0.3 is 10.6 Å². The Bertz CT molecular complexity index is 601. The maximum Gasteiger partial charge on any atom is 0.274 e. The number of hydrogen-bond acceptors (Lipinski definition) is 3. The second kappa shape index (κ2) is 7.05. The molecule has 2 rings (SSSR count). The number of carbonyl (C=O) groups is 1. The topological polar surface area (TPSA) is 54.0 Å². The SMILES string of the molecule is CCCNc1cccc(C(=O)Nc2ccccc2Br)n1. The largest absolute Gasteiger partial charge is 0.370 e. The molecule has 2 aromatic rings. The van der Waals surface area contributed by atoms with E-state index < -0.39 is 0 Å². The summed E-state index contributed by atoms with van der Waals surface area (Å²) in [5, 5.41) is 6.00. The van der Waals surface area contributed by atoms with Gasteiger partial charge >= 0.3 is 0 Å². The third-order valence-corrected chi connectivity index (χ3v) is 3.35. The molecule has 20 heavy (non-hydrogen) atoms. The Labute approximate surface area is 126 Å². The molecule has 1 aromatic carbocycles. The third kappa shape index (κ3) is 3.81. The van der Waals surface area contributed by atoms with Crippen molar-refractivity contribution in [2.45, 2.75) is 13.3 Å². The molecule has 0 spiro atoms. The Balaban J connectivity index is 2.11. The summed E-state index contributed by atoms with van der Waals surface area (Å²) in [7, 11) is 0. The smallest absolute Gasteiger partial charge is 0.274 e. The lowest BCUT2D eigenvalue weighted by molar-refractivity contribution is 0.102. The van der Waals surface area contributed by atoms with Crippen molar-refractivity contribution in [1.29, 1.82) is 0 Å². The summed E-state index contributed by atoms with van der Waals surface area (Å²) in [6.07, 6.45) is 1.01. The number of amides is 1. The highest BCUT2D eigenvalue weighted by molar-refractivity contribution is 9.10. The van der Waals surface area contributed by atoms with Crippen LogP contribution >= 0.6 is 15.9 Å². The summed E-state index contributed by atoms with van der Waals surface area (Å²) in [4.78, 5) is 16.5. The lowest BCUT2D eigenvalue weighted by atomic mass is 10.3. The zero-order valence-corrected chi connectivity index (χ0v) is 12.8. The molecule has 104 valence electrons. The zero-order valence-electron chi connectivity index (χ0n) is 11.2. The van der Waals surface area contributed by atoms with E-state index in [0.29, 0.717) is 11.5 Å². The molecule has 0 atom stereocenters. The van der Waals surface area contributed by atoms with Crippen molar-refractivity contribution in [3.8, 4) is 0 Å². The number of nitrogens with zero attached hydrogens (tertiary/aromatic N) is 1. The lowest BCUT2D eigenvalue weighted by Crippen LogP contribution is -2.15. The van der Waals surface area contributed by atoms with Crippen molar-refractivity contribution < 1.29 is 4.79 Å². The predicted molar refractivity (Wildman–Crippen MR) is 85.1 cm³/mol. The van der Waals surface area contributed by atoms with Crippen LogP contribution in [0.1, 0.15) is 23.8 Å². The first-order valence-corrected chi connectivity index (χ1v) is 7.27. The van der Waals surface area contributed by atoms with Crippen LogP contribution < -0.4 is 10.6 Å². The molecule has 1 aromatic heterocycles. The van der Waals surface area contributed by atoms with E-state index in [1.54, 1.807) is 6.07 Å². The number of aromatic nitrogens is 1. The molecule has 0 bridgehead atoms. The molecule has 0 saturated carbocycles. The van der Waals surface area contributed by atoms with Crippen LogP contribution in [0.2, 0.25) is 0 Å². The molecule has 0 saturated heterocycles. The molecule has 0 unspecified atom stereocenters. The Hall–Kier alpha value is -1.88. The van der Waals surface area contributed by atoms with Crippen molar-refractivity contribution >= 4 is 33.3 Å². The van der Waals surface area contributed by atoms with Gasteiger partial charge in [-0.05, 0) is 46.6 Å². The minimum Gasteiger partial charge on any atom is -0.370 e. The van der Waals surface area contributed by atoms with E-state index in [4.69, 9.17) is 0 Å². The fourth-order valence-electron chi connectivity index (χ4n) is 1.66. The molecule has 2 N–H and O–H groups in total. The molecule has 0 aliphatic carbocycles. The van der Waals surface area contributed by atoms with Gasteiger partial charge in [-0.3, -0.25) is 4.79 Å². The van der Waals surface area contributed by atoms with Gasteiger partial charge in [-0.15, -0.1) is 0 Å². The van der Waals surface area contributed by atoms with E-state index in [1.807, 2.05) is 36.4 Å². The van der Waals surface area contributed by atoms with Gasteiger partial charge in [0.25, 0.3) is 5.91 Å². The van der Waals surface area contributed by atoms with Crippen molar-refractivity contribution in [3.05, 3.63) is 52.6 Å². The molecule has 0 aliphatic rings. The summed E-state index contributed by atoms with van der Waals surface area (Å²) in [5.41, 5.74) is 1.12. The molecule has 1 heterocycles. The fourth-order valence-corrected chi connectivity index (χ4v) is 2.05. The van der Waals surface area contributed by atoms with Gasteiger partial charge in [-0.2, -0.15) is 0 Å². The van der Waals surface area contributed by atoms with Crippen LogP contribution in [0.15, 0.2) is 46.9 Å². The first kappa shape index (κ1) is 14.5. The fraction of sp³-hybridized carbons (Fsp3) is 0.200. The van der Waals surface area contributed by atoms with Crippen LogP contribution in [0.25, 0.3) is 0 Å². The number of rotatable bonds is 5. The van der Waals surface area contributed by atoms with Gasteiger partial charge in [0.1, 0.15) is 11.5 Å². The first-order chi connectivity index (χ1) is 9.70. The van der Waals surface area contributed by atoms with E-state index in [1.165, 1.54) is 0 Å². The van der Waals surface area contributed by atoms with Crippen LogP contribution in [0, 0.1) is 0 Å². The molecule has 0 aliphatic heterocycles. The van der Waals surface area contributed by atoms with Crippen LogP contribution in [-0.2, 0) is 0 Å². The van der Waals surface area contributed by atoms with Crippen LogP contribution in [-0.4, -0.2) is 17.4 Å². The average molecular weight is 334 g/mol. The molecule has 0 radical (unpaired) electrons. The monoisotopic (exact) mass is 333 g/mol. The van der Waals surface area contributed by atoms with Gasteiger partial charge in [-0.1, -0.05) is 25.1 Å². The van der Waals surface area contributed by atoms with Gasteiger partial charge in [0.05, 0.1) is 5.69 Å². The summed E-state index contributed by atoms with van der Waals surface area (Å²) in [5.74, 6) is 0.490. The highest BCUT2D eigenvalue weighted by atomic mass is 79.9. The van der Waals surface area contributed by atoms with Crippen LogP contribution in [0.5, 0.6) is 0 Å². The van der Waals surface area contributed by atoms with Crippen LogP contribution in [0.3, 0.4) is 0 Å². The summed E-state index contributed by atoms with van der Waals surface area (Å²) in [6.45, 7) is 2.92. The second-order valence-electron chi connectivity index (χ2n) is 4.27. The summed E-state index contributed by atoms with van der Waals surface area (Å²) >= 11 is 3.40. The summed E-state index contributed by atoms with van der Waals surface area (Å²) in [6, 6.07) is 12.8. The Kier molecular flexibility index (Phi) is 5.12. The van der Waals surface area contributed by atoms with E-state index in [9.17, 15) is 4.79 Å². The molecule has 1 amide bonds. The Morgan fingerprint density at radius 2 is 2.00 bits per heavy atom. The van der Waals surface area contributed by atoms with Crippen molar-refractivity contribution in [1.82, 2.24) is 4.98 Å². The van der Waals surface area contributed by atoms with E-state index >= 15 is 0 Å². The second-order valence-corrected chi connectivity index (χ2v) is 5.12. The maximum atomic E-state index is 12.2. The molecule has 5 heteroatoms. The number of anilines is 2. The lowest BCUT2D eigenvalue weighted by Gasteiger charge is -2.08. The number of nitrogens with one attached hydrogen (secondary N) is 2. The number of halogens is 1. The quantitative estimate of drug-likeness (QED) is 0.871. The highest BCUT2D eigenvalue weighted by Gasteiger charge is 2.09. The zero-order chi connectivity index (χ0) is 14.4. The third-order valence-electron chi connectivity index (χ3n) is 2.66. The standard InChI is InChI=1S/C15H16BrN3O/c1-2-10-17-14-9-5-8-13(18-14)15(20)19-12-7-4-3-6-11(12)16/h3-9H,2,10H2,1H3,(H,17,18)(H,19,20). The number of benzene rings is 1. The predicted octanol–water partition coefficient (Wildman–Crippen LogP) is 3.92. The first-order valence-electron chi connectivity index (χ1n) is 6.47. The van der Waals surface area contributed by atoms with Gasteiger partial charge in [-0.25, -0.2) is 4.98 Å².